The molecule has 1 aliphatic carbocycles. The van der Waals surface area contributed by atoms with Gasteiger partial charge in [-0.2, -0.15) is 5.10 Å². The number of rotatable bonds is 5. The highest BCUT2D eigenvalue weighted by atomic mass is 16.3. The van der Waals surface area contributed by atoms with Gasteiger partial charge in [-0.3, -0.25) is 0 Å². The molecule has 0 spiro atoms. The average Bonchev–Trinajstić information content (AvgIpc) is 3.15. The SMILES string of the molecule is CC(NC(=O)NCC1(O)CCCCC1)c1ccc(-n2cccn2)cc1. The molecule has 0 radical (unpaired) electrons. The molecule has 1 aliphatic rings. The van der Waals surface area contributed by atoms with E-state index in [0.29, 0.717) is 6.54 Å². The summed E-state index contributed by atoms with van der Waals surface area (Å²) in [6, 6.07) is 9.43. The summed E-state index contributed by atoms with van der Waals surface area (Å²) in [5.41, 5.74) is 1.25. The number of hydrogen-bond donors (Lipinski definition) is 3. The van der Waals surface area contributed by atoms with Gasteiger partial charge >= 0.3 is 6.03 Å². The normalized spacial score (nSPS) is 17.7. The summed E-state index contributed by atoms with van der Waals surface area (Å²) in [6.07, 6.45) is 8.37. The Labute approximate surface area is 148 Å². The largest absolute Gasteiger partial charge is 0.388 e. The molecule has 0 aliphatic heterocycles. The zero-order valence-corrected chi connectivity index (χ0v) is 14.6. The Morgan fingerprint density at radius 2 is 2.00 bits per heavy atom. The van der Waals surface area contributed by atoms with Crippen LogP contribution in [-0.4, -0.2) is 33.1 Å². The van der Waals surface area contributed by atoms with Gasteiger partial charge in [-0.1, -0.05) is 31.4 Å². The second-order valence-electron chi connectivity index (χ2n) is 6.88. The number of aromatic nitrogens is 2. The molecular formula is C19H26N4O2. The molecule has 2 aromatic rings. The molecule has 1 unspecified atom stereocenters. The zero-order chi connectivity index (χ0) is 17.7. The van der Waals surface area contributed by atoms with Crippen molar-refractivity contribution in [2.75, 3.05) is 6.54 Å². The van der Waals surface area contributed by atoms with E-state index in [1.807, 2.05) is 43.5 Å². The van der Waals surface area contributed by atoms with E-state index < -0.39 is 5.60 Å². The van der Waals surface area contributed by atoms with E-state index in [0.717, 1.165) is 36.9 Å². The molecule has 6 nitrogen and oxygen atoms in total. The fourth-order valence-electron chi connectivity index (χ4n) is 3.30. The summed E-state index contributed by atoms with van der Waals surface area (Å²) in [4.78, 5) is 12.1. The molecular weight excluding hydrogens is 316 g/mol. The van der Waals surface area contributed by atoms with Crippen LogP contribution in [0.5, 0.6) is 0 Å². The number of carbonyl (C=O) groups is 1. The van der Waals surface area contributed by atoms with Crippen molar-refractivity contribution in [1.82, 2.24) is 20.4 Å². The lowest BCUT2D eigenvalue weighted by Gasteiger charge is -2.32. The Morgan fingerprint density at radius 1 is 1.28 bits per heavy atom. The van der Waals surface area contributed by atoms with Gasteiger partial charge in [-0.15, -0.1) is 0 Å². The van der Waals surface area contributed by atoms with Crippen LogP contribution in [0.25, 0.3) is 5.69 Å². The number of nitrogens with zero attached hydrogens (tertiary/aromatic N) is 2. The first-order chi connectivity index (χ1) is 12.1. The lowest BCUT2D eigenvalue weighted by molar-refractivity contribution is 0.00714. The van der Waals surface area contributed by atoms with Gasteiger partial charge in [0.15, 0.2) is 0 Å². The van der Waals surface area contributed by atoms with Crippen molar-refractivity contribution >= 4 is 6.03 Å². The average molecular weight is 342 g/mol. The Bertz CT molecular complexity index is 676. The molecule has 1 aromatic carbocycles. The Morgan fingerprint density at radius 3 is 2.64 bits per heavy atom. The molecule has 1 atom stereocenters. The number of amides is 2. The van der Waals surface area contributed by atoms with E-state index in [-0.39, 0.29) is 12.1 Å². The third-order valence-corrected chi connectivity index (χ3v) is 4.87. The van der Waals surface area contributed by atoms with E-state index in [1.54, 1.807) is 10.9 Å². The zero-order valence-electron chi connectivity index (χ0n) is 14.6. The van der Waals surface area contributed by atoms with E-state index in [4.69, 9.17) is 0 Å². The van der Waals surface area contributed by atoms with Crippen molar-refractivity contribution in [1.29, 1.82) is 0 Å². The van der Waals surface area contributed by atoms with E-state index in [9.17, 15) is 9.90 Å². The van der Waals surface area contributed by atoms with E-state index in [1.165, 1.54) is 6.42 Å². The summed E-state index contributed by atoms with van der Waals surface area (Å²) >= 11 is 0. The van der Waals surface area contributed by atoms with Crippen LogP contribution in [0.1, 0.15) is 50.6 Å². The van der Waals surface area contributed by atoms with Crippen LogP contribution in [-0.2, 0) is 0 Å². The maximum atomic E-state index is 12.1. The van der Waals surface area contributed by atoms with Gasteiger partial charge in [-0.05, 0) is 43.5 Å². The van der Waals surface area contributed by atoms with E-state index >= 15 is 0 Å². The summed E-state index contributed by atoms with van der Waals surface area (Å²) in [5.74, 6) is 0. The van der Waals surface area contributed by atoms with Crippen LogP contribution in [0.2, 0.25) is 0 Å². The third-order valence-electron chi connectivity index (χ3n) is 4.87. The number of urea groups is 1. The van der Waals surface area contributed by atoms with Crippen LogP contribution < -0.4 is 10.6 Å². The number of carbonyl (C=O) groups excluding carboxylic acids is 1. The van der Waals surface area contributed by atoms with Crippen molar-refractivity contribution in [2.24, 2.45) is 0 Å². The molecule has 1 heterocycles. The highest BCUT2D eigenvalue weighted by Gasteiger charge is 2.29. The van der Waals surface area contributed by atoms with Crippen molar-refractivity contribution in [3.05, 3.63) is 48.3 Å². The fraction of sp³-hybridized carbons (Fsp3) is 0.474. The maximum Gasteiger partial charge on any atom is 0.315 e. The van der Waals surface area contributed by atoms with Crippen molar-refractivity contribution in [3.8, 4) is 5.69 Å². The van der Waals surface area contributed by atoms with Crippen LogP contribution in [0.3, 0.4) is 0 Å². The van der Waals surface area contributed by atoms with Crippen LogP contribution in [0, 0.1) is 0 Å². The fourth-order valence-corrected chi connectivity index (χ4v) is 3.30. The number of aliphatic hydroxyl groups is 1. The predicted octanol–water partition coefficient (Wildman–Crippen LogP) is 2.93. The van der Waals surface area contributed by atoms with Crippen LogP contribution >= 0.6 is 0 Å². The highest BCUT2D eigenvalue weighted by Crippen LogP contribution is 2.27. The van der Waals surface area contributed by atoms with Crippen molar-refractivity contribution < 1.29 is 9.90 Å². The van der Waals surface area contributed by atoms with E-state index in [2.05, 4.69) is 15.7 Å². The third kappa shape index (κ3) is 4.60. The van der Waals surface area contributed by atoms with Gasteiger partial charge in [0.1, 0.15) is 0 Å². The Hall–Kier alpha value is -2.34. The smallest absolute Gasteiger partial charge is 0.315 e. The predicted molar refractivity (Wildman–Crippen MR) is 96.5 cm³/mol. The molecule has 134 valence electrons. The Kier molecular flexibility index (Phi) is 5.38. The van der Waals surface area contributed by atoms with Gasteiger partial charge < -0.3 is 15.7 Å². The Balaban J connectivity index is 1.51. The maximum absolute atomic E-state index is 12.1. The van der Waals surface area contributed by atoms with Crippen LogP contribution in [0.4, 0.5) is 4.79 Å². The lowest BCUT2D eigenvalue weighted by atomic mass is 9.85. The van der Waals surface area contributed by atoms with Crippen molar-refractivity contribution in [3.63, 3.8) is 0 Å². The number of hydrogen-bond acceptors (Lipinski definition) is 3. The lowest BCUT2D eigenvalue weighted by Crippen LogP contribution is -2.47. The number of nitrogens with one attached hydrogen (secondary N) is 2. The highest BCUT2D eigenvalue weighted by molar-refractivity contribution is 5.74. The first kappa shape index (κ1) is 17.5. The first-order valence-electron chi connectivity index (χ1n) is 8.92. The number of benzene rings is 1. The molecule has 1 saturated carbocycles. The molecule has 0 bridgehead atoms. The molecule has 0 saturated heterocycles. The molecule has 3 rings (SSSR count). The monoisotopic (exact) mass is 342 g/mol. The quantitative estimate of drug-likeness (QED) is 0.782. The summed E-state index contributed by atoms with van der Waals surface area (Å²) < 4.78 is 1.79. The topological polar surface area (TPSA) is 79.2 Å². The molecule has 2 amide bonds. The second kappa shape index (κ2) is 7.70. The van der Waals surface area contributed by atoms with Gasteiger partial charge in [0, 0.05) is 18.9 Å². The summed E-state index contributed by atoms with van der Waals surface area (Å²) in [7, 11) is 0. The second-order valence-corrected chi connectivity index (χ2v) is 6.88. The van der Waals surface area contributed by atoms with Crippen LogP contribution in [0.15, 0.2) is 42.7 Å². The molecule has 1 aromatic heterocycles. The van der Waals surface area contributed by atoms with Crippen molar-refractivity contribution in [2.45, 2.75) is 50.7 Å². The van der Waals surface area contributed by atoms with Gasteiger partial charge in [0.2, 0.25) is 0 Å². The van der Waals surface area contributed by atoms with Gasteiger partial charge in [0.25, 0.3) is 0 Å². The standard InChI is InChI=1S/C19H26N4O2/c1-15(16-6-8-17(9-7-16)23-13-5-12-21-23)22-18(24)20-14-19(25)10-3-2-4-11-19/h5-9,12-13,15,25H,2-4,10-11,14H2,1H3,(H2,20,22,24). The van der Waals surface area contributed by atoms with Gasteiger partial charge in [-0.25, -0.2) is 9.48 Å². The first-order valence-corrected chi connectivity index (χ1v) is 8.92. The molecule has 25 heavy (non-hydrogen) atoms. The minimum Gasteiger partial charge on any atom is -0.388 e. The summed E-state index contributed by atoms with van der Waals surface area (Å²) in [5, 5.41) is 20.4. The minimum absolute atomic E-state index is 0.118. The summed E-state index contributed by atoms with van der Waals surface area (Å²) in [6.45, 7) is 2.25. The minimum atomic E-state index is -0.746. The molecule has 6 heteroatoms. The molecule has 1 fully saturated rings. The van der Waals surface area contributed by atoms with Gasteiger partial charge in [0.05, 0.1) is 17.3 Å². The molecule has 3 N–H and O–H groups in total.